The topological polar surface area (TPSA) is 69.0 Å². The highest BCUT2D eigenvalue weighted by Crippen LogP contribution is 2.34. The normalized spacial score (nSPS) is 10.5. The number of nitrogens with zero attached hydrogens (tertiary/aromatic N) is 3. The van der Waals surface area contributed by atoms with Crippen molar-refractivity contribution < 1.29 is 9.18 Å². The second-order valence-electron chi connectivity index (χ2n) is 5.96. The first-order chi connectivity index (χ1) is 12.8. The molecule has 1 N–H and O–H groups in total. The van der Waals surface area contributed by atoms with Crippen LogP contribution in [0, 0.1) is 17.1 Å². The van der Waals surface area contributed by atoms with Gasteiger partial charge >= 0.3 is 0 Å². The largest absolute Gasteiger partial charge is 0.354 e. The van der Waals surface area contributed by atoms with Crippen LogP contribution in [0.4, 0.5) is 15.8 Å². The summed E-state index contributed by atoms with van der Waals surface area (Å²) < 4.78 is 13.5. The first-order valence-electron chi connectivity index (χ1n) is 7.78. The van der Waals surface area contributed by atoms with Gasteiger partial charge in [-0.3, -0.25) is 4.79 Å². The first kappa shape index (κ1) is 18.9. The molecule has 3 rings (SSSR count). The Morgan fingerprint density at radius 2 is 1.89 bits per heavy atom. The number of hydrogen-bond donors (Lipinski definition) is 1. The maximum absolute atomic E-state index is 13.5. The predicted molar refractivity (Wildman–Crippen MR) is 104 cm³/mol. The van der Waals surface area contributed by atoms with Gasteiger partial charge in [0.1, 0.15) is 17.6 Å². The summed E-state index contributed by atoms with van der Waals surface area (Å²) >= 11 is 12.4. The number of rotatable bonds is 3. The zero-order chi connectivity index (χ0) is 19.7. The first-order valence-corrected chi connectivity index (χ1v) is 8.54. The van der Waals surface area contributed by atoms with Crippen LogP contribution in [-0.2, 0) is 0 Å². The molecule has 0 fully saturated rings. The third-order valence-electron chi connectivity index (χ3n) is 3.85. The third-order valence-corrected chi connectivity index (χ3v) is 4.47. The fourth-order valence-corrected chi connectivity index (χ4v) is 3.07. The lowest BCUT2D eigenvalue weighted by molar-refractivity contribution is 0.0828. The third kappa shape index (κ3) is 3.80. The van der Waals surface area contributed by atoms with Gasteiger partial charge < -0.3 is 10.2 Å². The second kappa shape index (κ2) is 7.39. The van der Waals surface area contributed by atoms with Gasteiger partial charge in [0.25, 0.3) is 5.91 Å². The van der Waals surface area contributed by atoms with Crippen molar-refractivity contribution >= 4 is 51.4 Å². The number of nitriles is 1. The van der Waals surface area contributed by atoms with Crippen LogP contribution in [0.25, 0.3) is 10.9 Å². The Morgan fingerprint density at radius 1 is 1.15 bits per heavy atom. The lowest BCUT2D eigenvalue weighted by Gasteiger charge is -2.16. The summed E-state index contributed by atoms with van der Waals surface area (Å²) in [7, 11) is 3.23. The molecule has 2 aromatic carbocycles. The molecule has 1 amide bonds. The SMILES string of the molecule is CN(C)C(=O)c1cc(Nc2cc(C#N)nc3cc(F)ccc23)c(Cl)cc1Cl. The lowest BCUT2D eigenvalue weighted by atomic mass is 10.1. The minimum atomic E-state index is -0.459. The van der Waals surface area contributed by atoms with E-state index in [-0.39, 0.29) is 22.2 Å². The van der Waals surface area contributed by atoms with Crippen LogP contribution in [0.2, 0.25) is 10.0 Å². The number of amides is 1. The van der Waals surface area contributed by atoms with Crippen LogP contribution in [-0.4, -0.2) is 29.9 Å². The van der Waals surface area contributed by atoms with Crippen LogP contribution >= 0.6 is 23.2 Å². The van der Waals surface area contributed by atoms with E-state index in [1.165, 1.54) is 35.2 Å². The quantitative estimate of drug-likeness (QED) is 0.669. The fourth-order valence-electron chi connectivity index (χ4n) is 2.56. The summed E-state index contributed by atoms with van der Waals surface area (Å²) in [6.45, 7) is 0. The van der Waals surface area contributed by atoms with Crippen molar-refractivity contribution in [2.75, 3.05) is 19.4 Å². The summed E-state index contributed by atoms with van der Waals surface area (Å²) in [6.07, 6.45) is 0. The van der Waals surface area contributed by atoms with E-state index in [2.05, 4.69) is 10.3 Å². The van der Waals surface area contributed by atoms with Crippen LogP contribution in [0.1, 0.15) is 16.1 Å². The average Bonchev–Trinajstić information content (AvgIpc) is 2.62. The van der Waals surface area contributed by atoms with Crippen molar-refractivity contribution in [3.63, 3.8) is 0 Å². The molecular weight excluding hydrogens is 390 g/mol. The minimum Gasteiger partial charge on any atom is -0.354 e. The predicted octanol–water partition coefficient (Wildman–Crippen LogP) is 5.00. The van der Waals surface area contributed by atoms with Crippen LogP contribution in [0.5, 0.6) is 0 Å². The van der Waals surface area contributed by atoms with Crippen molar-refractivity contribution in [2.24, 2.45) is 0 Å². The van der Waals surface area contributed by atoms with E-state index in [4.69, 9.17) is 23.2 Å². The summed E-state index contributed by atoms with van der Waals surface area (Å²) in [5.74, 6) is -0.737. The van der Waals surface area contributed by atoms with E-state index < -0.39 is 5.82 Å². The van der Waals surface area contributed by atoms with Gasteiger partial charge in [-0.05, 0) is 30.3 Å². The Labute approximate surface area is 164 Å². The van der Waals surface area contributed by atoms with E-state index in [9.17, 15) is 14.4 Å². The highest BCUT2D eigenvalue weighted by Gasteiger charge is 2.17. The summed E-state index contributed by atoms with van der Waals surface area (Å²) in [5, 5.41) is 13.4. The van der Waals surface area contributed by atoms with Crippen LogP contribution in [0.3, 0.4) is 0 Å². The molecule has 0 saturated heterocycles. The van der Waals surface area contributed by atoms with Gasteiger partial charge in [-0.15, -0.1) is 0 Å². The van der Waals surface area contributed by atoms with Crippen molar-refractivity contribution in [3.05, 3.63) is 63.5 Å². The van der Waals surface area contributed by atoms with E-state index in [0.717, 1.165) is 0 Å². The Bertz CT molecular complexity index is 1110. The van der Waals surface area contributed by atoms with E-state index in [1.807, 2.05) is 6.07 Å². The number of carbonyl (C=O) groups is 1. The van der Waals surface area contributed by atoms with Crippen molar-refractivity contribution in [1.29, 1.82) is 5.26 Å². The summed E-state index contributed by atoms with van der Waals surface area (Å²) in [4.78, 5) is 17.8. The van der Waals surface area contributed by atoms with Gasteiger partial charge in [0.05, 0.1) is 32.5 Å². The number of nitrogens with one attached hydrogen (secondary N) is 1. The van der Waals surface area contributed by atoms with Crippen molar-refractivity contribution in [1.82, 2.24) is 9.88 Å². The molecule has 0 spiro atoms. The standard InChI is InChI=1S/C19H13Cl2FN4O/c1-26(2)19(27)13-7-18(15(21)8-14(13)20)25-17-6-11(9-23)24-16-5-10(22)3-4-12(16)17/h3-8H,1-2H3,(H,24,25). The number of anilines is 2. The maximum atomic E-state index is 13.5. The number of benzene rings is 2. The van der Waals surface area contributed by atoms with E-state index in [1.54, 1.807) is 20.2 Å². The van der Waals surface area contributed by atoms with Crippen LogP contribution in [0.15, 0.2) is 36.4 Å². The maximum Gasteiger partial charge on any atom is 0.254 e. The van der Waals surface area contributed by atoms with Crippen LogP contribution < -0.4 is 5.32 Å². The van der Waals surface area contributed by atoms with Gasteiger partial charge in [-0.25, -0.2) is 9.37 Å². The zero-order valence-electron chi connectivity index (χ0n) is 14.3. The molecule has 136 valence electrons. The Morgan fingerprint density at radius 3 is 2.56 bits per heavy atom. The molecule has 8 heteroatoms. The number of pyridine rings is 1. The molecule has 1 heterocycles. The molecule has 0 saturated carbocycles. The Kier molecular flexibility index (Phi) is 5.17. The number of fused-ring (bicyclic) bond motifs is 1. The fraction of sp³-hybridized carbons (Fsp3) is 0.105. The van der Waals surface area contributed by atoms with Gasteiger partial charge in [0, 0.05) is 25.5 Å². The zero-order valence-corrected chi connectivity index (χ0v) is 15.9. The smallest absolute Gasteiger partial charge is 0.254 e. The molecule has 0 atom stereocenters. The number of halogens is 3. The highest BCUT2D eigenvalue weighted by atomic mass is 35.5. The molecule has 5 nitrogen and oxygen atoms in total. The second-order valence-corrected chi connectivity index (χ2v) is 6.78. The summed E-state index contributed by atoms with van der Waals surface area (Å²) in [6, 6.07) is 10.6. The molecule has 3 aromatic rings. The van der Waals surface area contributed by atoms with Crippen molar-refractivity contribution in [3.8, 4) is 6.07 Å². The minimum absolute atomic E-state index is 0.116. The van der Waals surface area contributed by atoms with Crippen molar-refractivity contribution in [2.45, 2.75) is 0 Å². The Balaban J connectivity index is 2.14. The molecule has 0 radical (unpaired) electrons. The molecule has 0 unspecified atom stereocenters. The van der Waals surface area contributed by atoms with Gasteiger partial charge in [-0.1, -0.05) is 23.2 Å². The van der Waals surface area contributed by atoms with Gasteiger partial charge in [0.15, 0.2) is 0 Å². The number of hydrogen-bond acceptors (Lipinski definition) is 4. The number of carbonyl (C=O) groups excluding carboxylic acids is 1. The van der Waals surface area contributed by atoms with Gasteiger partial charge in [0.2, 0.25) is 0 Å². The molecule has 0 aliphatic carbocycles. The van der Waals surface area contributed by atoms with E-state index in [0.29, 0.717) is 27.3 Å². The molecule has 0 aliphatic rings. The average molecular weight is 403 g/mol. The molecule has 0 bridgehead atoms. The Hall–Kier alpha value is -2.88. The van der Waals surface area contributed by atoms with E-state index >= 15 is 0 Å². The summed E-state index contributed by atoms with van der Waals surface area (Å²) in [5.41, 5.74) is 1.64. The molecule has 27 heavy (non-hydrogen) atoms. The highest BCUT2D eigenvalue weighted by molar-refractivity contribution is 6.38. The number of aromatic nitrogens is 1. The monoisotopic (exact) mass is 402 g/mol. The lowest BCUT2D eigenvalue weighted by Crippen LogP contribution is -2.22. The molecule has 0 aliphatic heterocycles. The van der Waals surface area contributed by atoms with Gasteiger partial charge in [-0.2, -0.15) is 5.26 Å². The molecular formula is C19H13Cl2FN4O. The molecule has 1 aromatic heterocycles.